The van der Waals surface area contributed by atoms with E-state index in [0.717, 1.165) is 49.6 Å². The van der Waals surface area contributed by atoms with E-state index in [-0.39, 0.29) is 6.10 Å². The first-order valence-corrected chi connectivity index (χ1v) is 6.94. The highest BCUT2D eigenvalue weighted by atomic mass is 16.3. The Bertz CT molecular complexity index is 561. The molecule has 104 valence electrons. The number of β-amino-alcohol motifs (C(OH)–C–C–N with tert-alkyl or cyclic N) is 1. The molecular weight excluding hydrogens is 252 g/mol. The number of aliphatic hydroxyl groups is 1. The van der Waals surface area contributed by atoms with Crippen molar-refractivity contribution in [3.05, 3.63) is 42.5 Å². The van der Waals surface area contributed by atoms with E-state index in [0.29, 0.717) is 0 Å². The fourth-order valence-electron chi connectivity index (χ4n) is 2.53. The number of hydrogen-bond acceptors (Lipinski definition) is 5. The maximum absolute atomic E-state index is 9.71. The minimum atomic E-state index is -0.203. The van der Waals surface area contributed by atoms with Gasteiger partial charge in [-0.3, -0.25) is 9.88 Å². The Hall–Kier alpha value is -1.85. The normalized spacial score (nSPS) is 19.9. The lowest BCUT2D eigenvalue weighted by molar-refractivity contribution is 0.0662. The minimum absolute atomic E-state index is 0.203. The predicted octanol–water partition coefficient (Wildman–Crippen LogP) is 1.50. The van der Waals surface area contributed by atoms with Crippen LogP contribution < -0.4 is 0 Å². The molecule has 1 aliphatic heterocycles. The van der Waals surface area contributed by atoms with Crippen molar-refractivity contribution in [2.75, 3.05) is 13.1 Å². The van der Waals surface area contributed by atoms with Gasteiger partial charge in [0.1, 0.15) is 0 Å². The molecule has 0 radical (unpaired) electrons. The number of nitrogens with zero attached hydrogens (tertiary/aromatic N) is 4. The molecule has 3 rings (SSSR count). The van der Waals surface area contributed by atoms with Gasteiger partial charge in [-0.15, -0.1) is 0 Å². The maximum Gasteiger partial charge on any atom is 0.159 e. The second-order valence-corrected chi connectivity index (χ2v) is 5.14. The molecule has 1 fully saturated rings. The first-order valence-electron chi connectivity index (χ1n) is 6.94. The van der Waals surface area contributed by atoms with Crippen LogP contribution in [-0.4, -0.2) is 44.2 Å². The first-order chi connectivity index (χ1) is 9.81. The summed E-state index contributed by atoms with van der Waals surface area (Å²) in [6, 6.07) is 5.75. The predicted molar refractivity (Wildman–Crippen MR) is 75.8 cm³/mol. The van der Waals surface area contributed by atoms with Crippen LogP contribution in [0.25, 0.3) is 11.4 Å². The molecule has 20 heavy (non-hydrogen) atoms. The molecule has 1 saturated heterocycles. The number of hydrogen-bond donors (Lipinski definition) is 1. The fraction of sp³-hybridized carbons (Fsp3) is 0.400. The van der Waals surface area contributed by atoms with Crippen molar-refractivity contribution in [3.8, 4) is 11.4 Å². The van der Waals surface area contributed by atoms with Crippen LogP contribution in [0.3, 0.4) is 0 Å². The van der Waals surface area contributed by atoms with Crippen molar-refractivity contribution in [2.24, 2.45) is 0 Å². The van der Waals surface area contributed by atoms with Crippen molar-refractivity contribution in [1.29, 1.82) is 0 Å². The summed E-state index contributed by atoms with van der Waals surface area (Å²) in [5.41, 5.74) is 1.96. The number of likely N-dealkylation sites (tertiary alicyclic amines) is 1. The highest BCUT2D eigenvalue weighted by molar-refractivity contribution is 5.53. The Labute approximate surface area is 118 Å². The molecule has 0 amide bonds. The number of aromatic nitrogens is 3. The van der Waals surface area contributed by atoms with Gasteiger partial charge in [0, 0.05) is 37.2 Å². The van der Waals surface area contributed by atoms with Gasteiger partial charge in [-0.1, -0.05) is 0 Å². The Kier molecular flexibility index (Phi) is 3.99. The van der Waals surface area contributed by atoms with E-state index in [9.17, 15) is 5.11 Å². The molecule has 0 aliphatic carbocycles. The van der Waals surface area contributed by atoms with Crippen LogP contribution >= 0.6 is 0 Å². The van der Waals surface area contributed by atoms with Crippen LogP contribution in [0.1, 0.15) is 18.5 Å². The summed E-state index contributed by atoms with van der Waals surface area (Å²) in [6.07, 6.45) is 7.02. The molecule has 5 heteroatoms. The van der Waals surface area contributed by atoms with E-state index < -0.39 is 0 Å². The summed E-state index contributed by atoms with van der Waals surface area (Å²) in [6.45, 7) is 2.51. The van der Waals surface area contributed by atoms with Gasteiger partial charge in [0.25, 0.3) is 0 Å². The topological polar surface area (TPSA) is 62.1 Å². The fourth-order valence-corrected chi connectivity index (χ4v) is 2.53. The zero-order valence-electron chi connectivity index (χ0n) is 11.3. The lowest BCUT2D eigenvalue weighted by Gasteiger charge is -2.29. The number of pyridine rings is 1. The first kappa shape index (κ1) is 13.1. The van der Waals surface area contributed by atoms with E-state index in [2.05, 4.69) is 19.9 Å². The summed E-state index contributed by atoms with van der Waals surface area (Å²) in [5.74, 6) is 0.724. The second-order valence-electron chi connectivity index (χ2n) is 5.14. The zero-order valence-corrected chi connectivity index (χ0v) is 11.3. The van der Waals surface area contributed by atoms with Crippen molar-refractivity contribution in [1.82, 2.24) is 19.9 Å². The monoisotopic (exact) mass is 270 g/mol. The van der Waals surface area contributed by atoms with Gasteiger partial charge in [0.05, 0.1) is 11.8 Å². The van der Waals surface area contributed by atoms with Gasteiger partial charge in [-0.25, -0.2) is 9.97 Å². The number of piperidine rings is 1. The molecule has 0 spiro atoms. The van der Waals surface area contributed by atoms with Crippen molar-refractivity contribution in [2.45, 2.75) is 25.5 Å². The Morgan fingerprint density at radius 3 is 2.85 bits per heavy atom. The zero-order chi connectivity index (χ0) is 13.8. The highest BCUT2D eigenvalue weighted by Crippen LogP contribution is 2.16. The summed E-state index contributed by atoms with van der Waals surface area (Å²) in [7, 11) is 0. The lowest BCUT2D eigenvalue weighted by atomic mass is 10.1. The van der Waals surface area contributed by atoms with Gasteiger partial charge in [-0.05, 0) is 37.6 Å². The van der Waals surface area contributed by atoms with Crippen LogP contribution in [0.2, 0.25) is 0 Å². The molecule has 0 aromatic carbocycles. The van der Waals surface area contributed by atoms with Gasteiger partial charge in [0.15, 0.2) is 5.82 Å². The molecule has 5 nitrogen and oxygen atoms in total. The molecule has 1 N–H and O–H groups in total. The maximum atomic E-state index is 9.71. The molecule has 0 unspecified atom stereocenters. The summed E-state index contributed by atoms with van der Waals surface area (Å²) < 4.78 is 0. The number of aliphatic hydroxyl groups excluding tert-OH is 1. The highest BCUT2D eigenvalue weighted by Gasteiger charge is 2.18. The van der Waals surface area contributed by atoms with Crippen molar-refractivity contribution in [3.63, 3.8) is 0 Å². The molecule has 3 heterocycles. The standard InChI is InChI=1S/C15H18N4O/c20-14-2-1-9-19(11-14)10-13-5-8-17-15(18-13)12-3-6-16-7-4-12/h3-8,14,20H,1-2,9-11H2/t14-/m1/s1. The van der Waals surface area contributed by atoms with E-state index in [4.69, 9.17) is 0 Å². The Morgan fingerprint density at radius 2 is 2.05 bits per heavy atom. The van der Waals surface area contributed by atoms with Gasteiger partial charge >= 0.3 is 0 Å². The van der Waals surface area contributed by atoms with Crippen LogP contribution in [0, 0.1) is 0 Å². The molecule has 0 saturated carbocycles. The quantitative estimate of drug-likeness (QED) is 0.915. The average Bonchev–Trinajstić information content (AvgIpc) is 2.48. The molecule has 1 aliphatic rings. The van der Waals surface area contributed by atoms with Crippen LogP contribution in [0.15, 0.2) is 36.8 Å². The van der Waals surface area contributed by atoms with Crippen LogP contribution in [0.4, 0.5) is 0 Å². The molecule has 0 bridgehead atoms. The van der Waals surface area contributed by atoms with Gasteiger partial charge in [-0.2, -0.15) is 0 Å². The summed E-state index contributed by atoms with van der Waals surface area (Å²) >= 11 is 0. The van der Waals surface area contributed by atoms with Crippen LogP contribution in [0.5, 0.6) is 0 Å². The van der Waals surface area contributed by atoms with E-state index in [1.54, 1.807) is 18.6 Å². The smallest absolute Gasteiger partial charge is 0.159 e. The van der Waals surface area contributed by atoms with Gasteiger partial charge in [0.2, 0.25) is 0 Å². The molecule has 2 aromatic heterocycles. The SMILES string of the molecule is O[C@@H]1CCCN(Cc2ccnc(-c3ccncc3)n2)C1. The Balaban J connectivity index is 1.74. The van der Waals surface area contributed by atoms with Crippen molar-refractivity contribution < 1.29 is 5.11 Å². The third kappa shape index (κ3) is 3.18. The molecular formula is C15H18N4O. The van der Waals surface area contributed by atoms with Crippen molar-refractivity contribution >= 4 is 0 Å². The van der Waals surface area contributed by atoms with E-state index >= 15 is 0 Å². The van der Waals surface area contributed by atoms with Gasteiger partial charge < -0.3 is 5.11 Å². The molecule has 1 atom stereocenters. The van der Waals surface area contributed by atoms with Crippen LogP contribution in [-0.2, 0) is 6.54 Å². The number of rotatable bonds is 3. The largest absolute Gasteiger partial charge is 0.392 e. The molecule has 2 aromatic rings. The average molecular weight is 270 g/mol. The third-order valence-electron chi connectivity index (χ3n) is 3.52. The second kappa shape index (κ2) is 6.07. The Morgan fingerprint density at radius 1 is 1.20 bits per heavy atom. The third-order valence-corrected chi connectivity index (χ3v) is 3.52. The summed E-state index contributed by atoms with van der Waals surface area (Å²) in [4.78, 5) is 15.2. The van der Waals surface area contributed by atoms with E-state index in [1.165, 1.54) is 0 Å². The summed E-state index contributed by atoms with van der Waals surface area (Å²) in [5, 5.41) is 9.71. The lowest BCUT2D eigenvalue weighted by Crippen LogP contribution is -2.37. The minimum Gasteiger partial charge on any atom is -0.392 e. The van der Waals surface area contributed by atoms with E-state index in [1.807, 2.05) is 18.2 Å².